The number of benzene rings is 2. The van der Waals surface area contributed by atoms with Crippen molar-refractivity contribution in [3.63, 3.8) is 0 Å². The predicted molar refractivity (Wildman–Crippen MR) is 168 cm³/mol. The Morgan fingerprint density at radius 1 is 0.750 bits per heavy atom. The summed E-state index contributed by atoms with van der Waals surface area (Å²) in [4.78, 5) is 18.0. The van der Waals surface area contributed by atoms with Gasteiger partial charge in [-0.2, -0.15) is 0 Å². The molecule has 3 unspecified atom stereocenters. The fourth-order valence-corrected chi connectivity index (χ4v) is 7.20. The largest absolute Gasteiger partial charge is 0.361 e. The second-order valence-corrected chi connectivity index (χ2v) is 12.0. The highest BCUT2D eigenvalue weighted by atomic mass is 14.8. The lowest BCUT2D eigenvalue weighted by Crippen LogP contribution is -2.26. The molecule has 1 aliphatic heterocycles. The predicted octanol–water partition coefficient (Wildman–Crippen LogP) is 9.02. The van der Waals surface area contributed by atoms with E-state index in [1.54, 1.807) is 0 Å². The number of rotatable bonds is 0. The first-order valence-corrected chi connectivity index (χ1v) is 14.2. The monoisotopic (exact) mass is 520 g/mol. The van der Waals surface area contributed by atoms with Crippen LogP contribution in [-0.2, 0) is 11.8 Å². The van der Waals surface area contributed by atoms with Crippen LogP contribution in [0.5, 0.6) is 0 Å². The number of aromatic nitrogens is 4. The van der Waals surface area contributed by atoms with E-state index in [4.69, 9.17) is 9.97 Å². The first-order chi connectivity index (χ1) is 19.5. The van der Waals surface area contributed by atoms with Crippen molar-refractivity contribution in [1.29, 1.82) is 0 Å². The van der Waals surface area contributed by atoms with Gasteiger partial charge < -0.3 is 9.97 Å². The van der Waals surface area contributed by atoms with E-state index in [-0.39, 0.29) is 20.1 Å². The van der Waals surface area contributed by atoms with Crippen LogP contribution in [0.2, 0.25) is 0 Å². The first-order valence-electron chi connectivity index (χ1n) is 14.2. The SMILES string of the molecule is CC1c2c3ccc4ccc(nc24)-c2ccc([nH]2)-c2ccc4ccc5c(c4n2)CC(C)(C=C5)c2ccc([nH]2)C1C=C3.[HH].[HH]. The Kier molecular flexibility index (Phi) is 4.26. The molecule has 0 amide bonds. The number of fused-ring (bicyclic) bond motifs is 12. The van der Waals surface area contributed by atoms with Crippen molar-refractivity contribution in [3.05, 3.63) is 119 Å². The van der Waals surface area contributed by atoms with Gasteiger partial charge in [0.15, 0.2) is 0 Å². The molecule has 2 aromatic carbocycles. The van der Waals surface area contributed by atoms with Crippen molar-refractivity contribution in [2.75, 3.05) is 0 Å². The normalized spacial score (nSPS) is 22.1. The van der Waals surface area contributed by atoms with Crippen molar-refractivity contribution >= 4 is 34.0 Å². The van der Waals surface area contributed by atoms with E-state index in [2.05, 4.69) is 121 Å². The zero-order chi connectivity index (χ0) is 26.6. The van der Waals surface area contributed by atoms with Crippen molar-refractivity contribution in [3.8, 4) is 22.8 Å². The summed E-state index contributed by atoms with van der Waals surface area (Å²) in [6.07, 6.45) is 10.2. The number of pyridine rings is 2. The maximum absolute atomic E-state index is 5.26. The molecule has 5 heterocycles. The number of aromatic amines is 2. The van der Waals surface area contributed by atoms with Gasteiger partial charge in [-0.1, -0.05) is 74.5 Å². The van der Waals surface area contributed by atoms with Gasteiger partial charge in [0, 0.05) is 36.3 Å². The minimum Gasteiger partial charge on any atom is -0.361 e. The molecule has 12 bridgehead atoms. The standard InChI is InChI=1S/C36H28N4.2H2/c1-20-25-10-7-22-4-6-24-9-12-31(40-35(24)33(20)22)29-14-13-28(37-29)30-11-8-23-5-3-21-17-18-36(2,19-26(21)34(23)39-30)32-16-15-27(25)38-32;;/h3-18,20,25,37-38H,19H2,1-2H3;2*1H. The van der Waals surface area contributed by atoms with E-state index in [0.717, 1.165) is 40.2 Å². The second kappa shape index (κ2) is 7.70. The zero-order valence-corrected chi connectivity index (χ0v) is 22.5. The van der Waals surface area contributed by atoms with Crippen LogP contribution in [0, 0.1) is 0 Å². The Morgan fingerprint density at radius 2 is 1.45 bits per heavy atom. The van der Waals surface area contributed by atoms with Gasteiger partial charge in [-0.05, 0) is 71.0 Å². The van der Waals surface area contributed by atoms with E-state index in [0.29, 0.717) is 0 Å². The van der Waals surface area contributed by atoms with Gasteiger partial charge in [0.1, 0.15) is 0 Å². The smallest absolute Gasteiger partial charge is 0.0872 e. The average molecular weight is 521 g/mol. The molecule has 196 valence electrons. The Bertz CT molecular complexity index is 2100. The molecule has 40 heavy (non-hydrogen) atoms. The summed E-state index contributed by atoms with van der Waals surface area (Å²) in [7, 11) is 0. The maximum Gasteiger partial charge on any atom is 0.0872 e. The average Bonchev–Trinajstić information content (AvgIpc) is 3.68. The molecular weight excluding hydrogens is 488 g/mol. The lowest BCUT2D eigenvalue weighted by atomic mass is 9.75. The maximum atomic E-state index is 5.26. The minimum atomic E-state index is -0.148. The van der Waals surface area contributed by atoms with E-state index in [1.807, 2.05) is 0 Å². The Morgan fingerprint density at radius 3 is 2.25 bits per heavy atom. The first kappa shape index (κ1) is 22.2. The van der Waals surface area contributed by atoms with E-state index < -0.39 is 0 Å². The zero-order valence-electron chi connectivity index (χ0n) is 22.5. The summed E-state index contributed by atoms with van der Waals surface area (Å²) in [6.45, 7) is 4.69. The Labute approximate surface area is 235 Å². The number of hydrogen-bond donors (Lipinski definition) is 2. The molecule has 3 aliphatic rings. The van der Waals surface area contributed by atoms with Crippen molar-refractivity contribution < 1.29 is 2.85 Å². The van der Waals surface area contributed by atoms with Crippen LogP contribution in [0.4, 0.5) is 0 Å². The van der Waals surface area contributed by atoms with Gasteiger partial charge in [0.2, 0.25) is 0 Å². The van der Waals surface area contributed by atoms with Crippen LogP contribution in [-0.4, -0.2) is 19.9 Å². The van der Waals surface area contributed by atoms with E-state index >= 15 is 0 Å². The van der Waals surface area contributed by atoms with Gasteiger partial charge in [-0.25, -0.2) is 9.97 Å². The van der Waals surface area contributed by atoms with Gasteiger partial charge in [0.05, 0.1) is 33.8 Å². The molecule has 4 nitrogen and oxygen atoms in total. The summed E-state index contributed by atoms with van der Waals surface area (Å²) in [5.41, 5.74) is 13.6. The summed E-state index contributed by atoms with van der Waals surface area (Å²) in [6, 6.07) is 26.4. The molecule has 9 rings (SSSR count). The summed E-state index contributed by atoms with van der Waals surface area (Å²) in [5.74, 6) is 0.539. The fourth-order valence-electron chi connectivity index (χ4n) is 7.20. The van der Waals surface area contributed by atoms with Crippen LogP contribution in [0.3, 0.4) is 0 Å². The third-order valence-corrected chi connectivity index (χ3v) is 9.51. The third kappa shape index (κ3) is 3.02. The lowest BCUT2D eigenvalue weighted by molar-refractivity contribution is 0.566. The molecule has 2 N–H and O–H groups in total. The van der Waals surface area contributed by atoms with Crippen LogP contribution < -0.4 is 0 Å². The van der Waals surface area contributed by atoms with Crippen LogP contribution in [0.1, 0.15) is 62.2 Å². The summed E-state index contributed by atoms with van der Waals surface area (Å²) in [5, 5.41) is 2.35. The molecule has 2 aliphatic carbocycles. The van der Waals surface area contributed by atoms with Crippen molar-refractivity contribution in [2.45, 2.75) is 37.5 Å². The Balaban J connectivity index is 0.00000144. The highest BCUT2D eigenvalue weighted by molar-refractivity contribution is 5.90. The molecule has 0 radical (unpaired) electrons. The van der Waals surface area contributed by atoms with E-state index in [9.17, 15) is 0 Å². The van der Waals surface area contributed by atoms with Gasteiger partial charge >= 0.3 is 0 Å². The van der Waals surface area contributed by atoms with Crippen molar-refractivity contribution in [2.24, 2.45) is 0 Å². The molecule has 0 saturated carbocycles. The van der Waals surface area contributed by atoms with Gasteiger partial charge in [0.25, 0.3) is 0 Å². The van der Waals surface area contributed by atoms with Gasteiger partial charge in [-0.15, -0.1) is 0 Å². The number of hydrogen-bond acceptors (Lipinski definition) is 2. The molecule has 3 atom stereocenters. The quantitative estimate of drug-likeness (QED) is 0.210. The Hall–Kier alpha value is -4.70. The molecule has 0 saturated heterocycles. The summed E-state index contributed by atoms with van der Waals surface area (Å²) >= 11 is 0. The third-order valence-electron chi connectivity index (χ3n) is 9.51. The van der Waals surface area contributed by atoms with Gasteiger partial charge in [-0.3, -0.25) is 0 Å². The molecule has 6 aromatic rings. The number of nitrogens with zero attached hydrogens (tertiary/aromatic N) is 2. The lowest BCUT2D eigenvalue weighted by Gasteiger charge is -2.31. The number of nitrogens with one attached hydrogen (secondary N) is 2. The molecule has 4 heteroatoms. The molecule has 0 fully saturated rings. The molecular formula is C36H32N4. The topological polar surface area (TPSA) is 57.4 Å². The highest BCUT2D eigenvalue weighted by Gasteiger charge is 2.33. The van der Waals surface area contributed by atoms with Crippen molar-refractivity contribution in [1.82, 2.24) is 19.9 Å². The number of allylic oxidation sites excluding steroid dienone is 2. The number of H-pyrrole nitrogens is 2. The summed E-state index contributed by atoms with van der Waals surface area (Å²) < 4.78 is 0. The minimum absolute atomic E-state index is 0. The molecule has 0 spiro atoms. The van der Waals surface area contributed by atoms with Crippen LogP contribution in [0.25, 0.3) is 56.7 Å². The van der Waals surface area contributed by atoms with E-state index in [1.165, 1.54) is 44.4 Å². The highest BCUT2D eigenvalue weighted by Crippen LogP contribution is 2.45. The van der Waals surface area contributed by atoms with Crippen LogP contribution >= 0.6 is 0 Å². The second-order valence-electron chi connectivity index (χ2n) is 12.0. The molecule has 4 aromatic heterocycles. The fraction of sp³-hybridized carbons (Fsp3) is 0.167. The van der Waals surface area contributed by atoms with Crippen LogP contribution in [0.15, 0.2) is 84.9 Å².